The van der Waals surface area contributed by atoms with Crippen LogP contribution in [0.3, 0.4) is 0 Å². The standard InChI is InChI=1S/C21H27NO3S/c1-4-5-6-17-11-12-22(14-20-16(3)21(23)13-19(17)20)26(24,25)18-9-7-15(2)8-10-18/h7-10H,4-6,11-14H2,1-3H3. The molecule has 0 radical (unpaired) electrons. The molecule has 0 saturated carbocycles. The fourth-order valence-corrected chi connectivity index (χ4v) is 5.15. The number of rotatable bonds is 5. The third kappa shape index (κ3) is 3.55. The number of Topliss-reactive ketones (excluding diaryl/α,β-unsaturated/α-hetero) is 1. The van der Waals surface area contributed by atoms with E-state index >= 15 is 0 Å². The van der Waals surface area contributed by atoms with E-state index in [9.17, 15) is 13.2 Å². The van der Waals surface area contributed by atoms with E-state index in [1.54, 1.807) is 16.4 Å². The number of sulfonamides is 1. The average molecular weight is 374 g/mol. The summed E-state index contributed by atoms with van der Waals surface area (Å²) in [5, 5.41) is 0. The molecule has 1 aliphatic carbocycles. The first-order chi connectivity index (χ1) is 12.3. The van der Waals surface area contributed by atoms with E-state index in [0.29, 0.717) is 30.8 Å². The van der Waals surface area contributed by atoms with E-state index in [-0.39, 0.29) is 5.78 Å². The monoisotopic (exact) mass is 373 g/mol. The smallest absolute Gasteiger partial charge is 0.243 e. The molecule has 0 aromatic heterocycles. The number of nitrogens with zero attached hydrogens (tertiary/aromatic N) is 1. The molecule has 1 aliphatic heterocycles. The Hall–Kier alpha value is -1.72. The molecule has 0 amide bonds. The molecule has 0 fully saturated rings. The zero-order valence-corrected chi connectivity index (χ0v) is 16.7. The Labute approximate surface area is 156 Å². The second-order valence-electron chi connectivity index (χ2n) is 7.29. The molecule has 4 nitrogen and oxygen atoms in total. The third-order valence-corrected chi connectivity index (χ3v) is 7.35. The Morgan fingerprint density at radius 2 is 1.77 bits per heavy atom. The minimum atomic E-state index is -3.56. The fraction of sp³-hybridized carbons (Fsp3) is 0.476. The lowest BCUT2D eigenvalue weighted by Crippen LogP contribution is -2.33. The van der Waals surface area contributed by atoms with Crippen molar-refractivity contribution in [2.45, 2.75) is 57.8 Å². The fourth-order valence-electron chi connectivity index (χ4n) is 3.74. The zero-order chi connectivity index (χ0) is 18.9. The Bertz CT molecular complexity index is 876. The number of carbonyl (C=O) groups is 1. The summed E-state index contributed by atoms with van der Waals surface area (Å²) in [7, 11) is -3.56. The van der Waals surface area contributed by atoms with E-state index < -0.39 is 10.0 Å². The topological polar surface area (TPSA) is 54.5 Å². The Kier molecular flexibility index (Phi) is 5.49. The summed E-state index contributed by atoms with van der Waals surface area (Å²) < 4.78 is 27.8. The summed E-state index contributed by atoms with van der Waals surface area (Å²) in [6.45, 7) is 6.71. The molecule has 0 saturated heterocycles. The molecule has 5 heteroatoms. The van der Waals surface area contributed by atoms with Gasteiger partial charge in [-0.3, -0.25) is 4.79 Å². The summed E-state index contributed by atoms with van der Waals surface area (Å²) in [6, 6.07) is 6.99. The molecule has 0 unspecified atom stereocenters. The van der Waals surface area contributed by atoms with Gasteiger partial charge in [0.2, 0.25) is 10.0 Å². The van der Waals surface area contributed by atoms with Gasteiger partial charge in [0, 0.05) is 19.5 Å². The van der Waals surface area contributed by atoms with Crippen LogP contribution in [0.5, 0.6) is 0 Å². The van der Waals surface area contributed by atoms with Gasteiger partial charge in [0.15, 0.2) is 5.78 Å². The van der Waals surface area contributed by atoms with Gasteiger partial charge in [-0.1, -0.05) is 36.6 Å². The third-order valence-electron chi connectivity index (χ3n) is 5.49. The van der Waals surface area contributed by atoms with Gasteiger partial charge in [-0.15, -0.1) is 0 Å². The van der Waals surface area contributed by atoms with Crippen LogP contribution in [0.4, 0.5) is 0 Å². The number of carbonyl (C=O) groups excluding carboxylic acids is 1. The molecule has 0 N–H and O–H groups in total. The van der Waals surface area contributed by atoms with Crippen molar-refractivity contribution in [3.8, 4) is 0 Å². The molecule has 1 aromatic carbocycles. The lowest BCUT2D eigenvalue weighted by atomic mass is 9.96. The zero-order valence-electron chi connectivity index (χ0n) is 15.8. The maximum absolute atomic E-state index is 13.1. The van der Waals surface area contributed by atoms with E-state index in [2.05, 4.69) is 6.92 Å². The van der Waals surface area contributed by atoms with Crippen LogP contribution in [-0.4, -0.2) is 31.6 Å². The number of benzene rings is 1. The van der Waals surface area contributed by atoms with Crippen LogP contribution in [0.1, 0.15) is 51.5 Å². The molecular formula is C21H27NO3S. The Balaban J connectivity index is 1.96. The minimum absolute atomic E-state index is 0.138. The number of allylic oxidation sites excluding steroid dienone is 1. The van der Waals surface area contributed by atoms with E-state index in [1.807, 2.05) is 26.0 Å². The van der Waals surface area contributed by atoms with Gasteiger partial charge in [0.1, 0.15) is 0 Å². The number of hydrogen-bond donors (Lipinski definition) is 0. The number of unbranched alkanes of at least 4 members (excludes halogenated alkanes) is 1. The highest BCUT2D eigenvalue weighted by Gasteiger charge is 2.34. The molecule has 1 heterocycles. The van der Waals surface area contributed by atoms with Crippen molar-refractivity contribution < 1.29 is 13.2 Å². The number of ketones is 1. The maximum Gasteiger partial charge on any atom is 0.243 e. The molecule has 2 aliphatic rings. The molecule has 1 aromatic rings. The highest BCUT2D eigenvalue weighted by atomic mass is 32.2. The van der Waals surface area contributed by atoms with Crippen molar-refractivity contribution in [1.82, 2.24) is 4.31 Å². The van der Waals surface area contributed by atoms with Crippen LogP contribution < -0.4 is 0 Å². The first kappa shape index (κ1) is 19.1. The van der Waals surface area contributed by atoms with Crippen LogP contribution in [-0.2, 0) is 14.8 Å². The van der Waals surface area contributed by atoms with Gasteiger partial charge in [-0.2, -0.15) is 4.31 Å². The Morgan fingerprint density at radius 1 is 1.08 bits per heavy atom. The van der Waals surface area contributed by atoms with E-state index in [0.717, 1.165) is 41.5 Å². The van der Waals surface area contributed by atoms with Gasteiger partial charge >= 0.3 is 0 Å². The molecule has 0 atom stereocenters. The maximum atomic E-state index is 13.1. The first-order valence-electron chi connectivity index (χ1n) is 9.35. The molecule has 26 heavy (non-hydrogen) atoms. The predicted molar refractivity (Wildman–Crippen MR) is 103 cm³/mol. The van der Waals surface area contributed by atoms with Crippen LogP contribution in [0.2, 0.25) is 0 Å². The highest BCUT2D eigenvalue weighted by molar-refractivity contribution is 7.89. The van der Waals surface area contributed by atoms with Crippen molar-refractivity contribution >= 4 is 15.8 Å². The second kappa shape index (κ2) is 7.49. The number of aryl methyl sites for hydroxylation is 1. The minimum Gasteiger partial charge on any atom is -0.294 e. The Morgan fingerprint density at radius 3 is 2.42 bits per heavy atom. The van der Waals surface area contributed by atoms with Crippen molar-refractivity contribution in [3.05, 3.63) is 52.1 Å². The lowest BCUT2D eigenvalue weighted by molar-refractivity contribution is -0.114. The summed E-state index contributed by atoms with van der Waals surface area (Å²) in [6.07, 6.45) is 4.27. The van der Waals surface area contributed by atoms with Gasteiger partial charge in [0.05, 0.1) is 4.90 Å². The molecule has 140 valence electrons. The quantitative estimate of drug-likeness (QED) is 0.778. The summed E-state index contributed by atoms with van der Waals surface area (Å²) >= 11 is 0. The molecular weight excluding hydrogens is 346 g/mol. The van der Waals surface area contributed by atoms with E-state index in [1.165, 1.54) is 5.57 Å². The van der Waals surface area contributed by atoms with Crippen LogP contribution in [0.25, 0.3) is 0 Å². The summed E-state index contributed by atoms with van der Waals surface area (Å²) in [5.74, 6) is 0.138. The van der Waals surface area contributed by atoms with Crippen LogP contribution in [0.15, 0.2) is 51.5 Å². The van der Waals surface area contributed by atoms with Crippen molar-refractivity contribution in [2.24, 2.45) is 0 Å². The largest absolute Gasteiger partial charge is 0.294 e. The first-order valence-corrected chi connectivity index (χ1v) is 10.8. The highest BCUT2D eigenvalue weighted by Crippen LogP contribution is 2.37. The van der Waals surface area contributed by atoms with Crippen molar-refractivity contribution in [1.29, 1.82) is 0 Å². The number of hydrogen-bond acceptors (Lipinski definition) is 3. The molecule has 3 rings (SSSR count). The van der Waals surface area contributed by atoms with Gasteiger partial charge in [0.25, 0.3) is 0 Å². The summed E-state index contributed by atoms with van der Waals surface area (Å²) in [5.41, 5.74) is 5.09. The summed E-state index contributed by atoms with van der Waals surface area (Å²) in [4.78, 5) is 12.6. The lowest BCUT2D eigenvalue weighted by Gasteiger charge is -2.21. The predicted octanol–water partition coefficient (Wildman–Crippen LogP) is 4.17. The average Bonchev–Trinajstić information content (AvgIpc) is 2.79. The van der Waals surface area contributed by atoms with Crippen molar-refractivity contribution in [3.63, 3.8) is 0 Å². The second-order valence-corrected chi connectivity index (χ2v) is 9.23. The number of fused-ring (bicyclic) bond motifs is 1. The van der Waals surface area contributed by atoms with Gasteiger partial charge in [-0.05, 0) is 62.0 Å². The van der Waals surface area contributed by atoms with Gasteiger partial charge < -0.3 is 0 Å². The van der Waals surface area contributed by atoms with Crippen LogP contribution >= 0.6 is 0 Å². The van der Waals surface area contributed by atoms with E-state index in [4.69, 9.17) is 0 Å². The SMILES string of the molecule is CCCCC1=C2CC(=O)C(C)=C2CN(S(=O)(=O)c2ccc(C)cc2)CC1. The molecule has 0 spiro atoms. The normalized spacial score (nSPS) is 19.1. The van der Waals surface area contributed by atoms with Crippen molar-refractivity contribution in [2.75, 3.05) is 13.1 Å². The van der Waals surface area contributed by atoms with Gasteiger partial charge in [-0.25, -0.2) is 8.42 Å². The van der Waals surface area contributed by atoms with Crippen LogP contribution in [0, 0.1) is 6.92 Å². The molecule has 0 bridgehead atoms.